The topological polar surface area (TPSA) is 61.4 Å². The molecular formula is C16H17ClN2O2. The molecule has 2 aromatic carbocycles. The van der Waals surface area contributed by atoms with Crippen molar-refractivity contribution in [2.45, 2.75) is 12.8 Å². The number of benzene rings is 2. The smallest absolute Gasteiger partial charge is 0.323 e. The van der Waals surface area contributed by atoms with Crippen LogP contribution in [0.1, 0.15) is 12.0 Å². The van der Waals surface area contributed by atoms with Crippen LogP contribution in [0.25, 0.3) is 0 Å². The van der Waals surface area contributed by atoms with Gasteiger partial charge in [0.05, 0.1) is 0 Å². The predicted molar refractivity (Wildman–Crippen MR) is 85.9 cm³/mol. The number of anilines is 2. The van der Waals surface area contributed by atoms with Gasteiger partial charge in [-0.2, -0.15) is 0 Å². The van der Waals surface area contributed by atoms with E-state index in [1.165, 1.54) is 0 Å². The standard InChI is InChI=1S/C16H17ClN2O2/c17-13-6-2-8-15(11-13)19-16(21)18-14-7-1-4-12(10-14)5-3-9-20/h1-2,4,6-8,10-11,20H,3,5,9H2,(H2,18,19,21). The van der Waals surface area contributed by atoms with Crippen LogP contribution in [0.2, 0.25) is 5.02 Å². The molecule has 0 fully saturated rings. The van der Waals surface area contributed by atoms with E-state index in [0.717, 1.165) is 12.0 Å². The molecule has 0 unspecified atom stereocenters. The van der Waals surface area contributed by atoms with Gasteiger partial charge in [0.15, 0.2) is 0 Å². The predicted octanol–water partition coefficient (Wildman–Crippen LogP) is 3.91. The fourth-order valence-electron chi connectivity index (χ4n) is 1.95. The van der Waals surface area contributed by atoms with Crippen molar-refractivity contribution in [3.63, 3.8) is 0 Å². The third-order valence-corrected chi connectivity index (χ3v) is 3.13. The van der Waals surface area contributed by atoms with Crippen LogP contribution in [0.15, 0.2) is 48.5 Å². The zero-order valence-corrected chi connectivity index (χ0v) is 12.2. The Morgan fingerprint density at radius 1 is 1.05 bits per heavy atom. The zero-order chi connectivity index (χ0) is 15.1. The average Bonchev–Trinajstić information content (AvgIpc) is 2.45. The molecule has 0 spiro atoms. The lowest BCUT2D eigenvalue weighted by molar-refractivity contribution is 0.262. The number of urea groups is 1. The van der Waals surface area contributed by atoms with Crippen molar-refractivity contribution in [2.75, 3.05) is 17.2 Å². The first-order chi connectivity index (χ1) is 10.2. The number of aryl methyl sites for hydroxylation is 1. The summed E-state index contributed by atoms with van der Waals surface area (Å²) in [7, 11) is 0. The molecule has 2 amide bonds. The Hall–Kier alpha value is -2.04. The van der Waals surface area contributed by atoms with Crippen LogP contribution in [0.4, 0.5) is 16.2 Å². The lowest BCUT2D eigenvalue weighted by Gasteiger charge is -2.09. The first kappa shape index (κ1) is 15.4. The summed E-state index contributed by atoms with van der Waals surface area (Å²) < 4.78 is 0. The number of hydrogen-bond donors (Lipinski definition) is 3. The van der Waals surface area contributed by atoms with Crippen LogP contribution >= 0.6 is 11.6 Å². The van der Waals surface area contributed by atoms with E-state index in [2.05, 4.69) is 10.6 Å². The molecule has 0 heterocycles. The van der Waals surface area contributed by atoms with Gasteiger partial charge in [0.25, 0.3) is 0 Å². The quantitative estimate of drug-likeness (QED) is 0.784. The Labute approximate surface area is 128 Å². The third-order valence-electron chi connectivity index (χ3n) is 2.89. The molecule has 0 aliphatic rings. The fraction of sp³-hybridized carbons (Fsp3) is 0.188. The normalized spacial score (nSPS) is 10.2. The molecule has 3 N–H and O–H groups in total. The lowest BCUT2D eigenvalue weighted by atomic mass is 10.1. The zero-order valence-electron chi connectivity index (χ0n) is 11.5. The summed E-state index contributed by atoms with van der Waals surface area (Å²) >= 11 is 5.87. The Balaban J connectivity index is 1.96. The molecule has 0 saturated carbocycles. The second-order valence-corrected chi connectivity index (χ2v) is 5.05. The summed E-state index contributed by atoms with van der Waals surface area (Å²) in [6, 6.07) is 14.2. The van der Waals surface area contributed by atoms with Gasteiger partial charge in [0, 0.05) is 23.0 Å². The Bertz CT molecular complexity index is 617. The summed E-state index contributed by atoms with van der Waals surface area (Å²) in [5, 5.41) is 14.9. The summed E-state index contributed by atoms with van der Waals surface area (Å²) in [6.45, 7) is 0.160. The Kier molecular flexibility index (Phi) is 5.60. The maximum absolute atomic E-state index is 11.9. The number of aliphatic hydroxyl groups is 1. The largest absolute Gasteiger partial charge is 0.396 e. The van der Waals surface area contributed by atoms with E-state index in [1.54, 1.807) is 24.3 Å². The van der Waals surface area contributed by atoms with Crippen LogP contribution in [-0.2, 0) is 6.42 Å². The second kappa shape index (κ2) is 7.67. The van der Waals surface area contributed by atoms with Crippen molar-refractivity contribution in [2.24, 2.45) is 0 Å². The van der Waals surface area contributed by atoms with Crippen LogP contribution in [-0.4, -0.2) is 17.7 Å². The summed E-state index contributed by atoms with van der Waals surface area (Å²) in [5.74, 6) is 0. The first-order valence-electron chi connectivity index (χ1n) is 6.71. The van der Waals surface area contributed by atoms with E-state index in [-0.39, 0.29) is 12.6 Å². The van der Waals surface area contributed by atoms with E-state index in [0.29, 0.717) is 22.8 Å². The van der Waals surface area contributed by atoms with Gasteiger partial charge in [-0.05, 0) is 48.7 Å². The van der Waals surface area contributed by atoms with Crippen LogP contribution in [0.3, 0.4) is 0 Å². The molecule has 0 aliphatic heterocycles. The van der Waals surface area contributed by atoms with Crippen molar-refractivity contribution in [3.8, 4) is 0 Å². The van der Waals surface area contributed by atoms with Gasteiger partial charge in [-0.25, -0.2) is 4.79 Å². The minimum atomic E-state index is -0.323. The molecule has 4 nitrogen and oxygen atoms in total. The maximum Gasteiger partial charge on any atom is 0.323 e. The number of halogens is 1. The highest BCUT2D eigenvalue weighted by molar-refractivity contribution is 6.30. The molecule has 0 bridgehead atoms. The molecule has 0 atom stereocenters. The van der Waals surface area contributed by atoms with E-state index >= 15 is 0 Å². The molecule has 5 heteroatoms. The van der Waals surface area contributed by atoms with Crippen molar-refractivity contribution < 1.29 is 9.90 Å². The van der Waals surface area contributed by atoms with Crippen molar-refractivity contribution in [1.82, 2.24) is 0 Å². The molecular weight excluding hydrogens is 288 g/mol. The molecule has 110 valence electrons. The van der Waals surface area contributed by atoms with E-state index in [1.807, 2.05) is 24.3 Å². The molecule has 2 rings (SSSR count). The van der Waals surface area contributed by atoms with Crippen LogP contribution < -0.4 is 10.6 Å². The minimum Gasteiger partial charge on any atom is -0.396 e. The number of aliphatic hydroxyl groups excluding tert-OH is 1. The number of carbonyl (C=O) groups excluding carboxylic acids is 1. The van der Waals surface area contributed by atoms with Crippen molar-refractivity contribution in [3.05, 3.63) is 59.1 Å². The molecule has 2 aromatic rings. The Morgan fingerprint density at radius 2 is 1.71 bits per heavy atom. The molecule has 0 radical (unpaired) electrons. The van der Waals surface area contributed by atoms with E-state index in [9.17, 15) is 4.79 Å². The summed E-state index contributed by atoms with van der Waals surface area (Å²) in [5.41, 5.74) is 2.42. The fourth-order valence-corrected chi connectivity index (χ4v) is 2.14. The Morgan fingerprint density at radius 3 is 2.38 bits per heavy atom. The number of amides is 2. The number of hydrogen-bond acceptors (Lipinski definition) is 2. The van der Waals surface area contributed by atoms with E-state index in [4.69, 9.17) is 16.7 Å². The molecule has 0 aromatic heterocycles. The van der Waals surface area contributed by atoms with Gasteiger partial charge in [-0.1, -0.05) is 29.8 Å². The minimum absolute atomic E-state index is 0.160. The SMILES string of the molecule is O=C(Nc1cccc(Cl)c1)Nc1cccc(CCCO)c1. The van der Waals surface area contributed by atoms with Gasteiger partial charge < -0.3 is 15.7 Å². The van der Waals surface area contributed by atoms with Gasteiger partial charge in [-0.15, -0.1) is 0 Å². The maximum atomic E-state index is 11.9. The number of carbonyl (C=O) groups is 1. The molecule has 0 saturated heterocycles. The van der Waals surface area contributed by atoms with Gasteiger partial charge in [0.2, 0.25) is 0 Å². The van der Waals surface area contributed by atoms with Gasteiger partial charge in [0.1, 0.15) is 0 Å². The van der Waals surface area contributed by atoms with Crippen LogP contribution in [0, 0.1) is 0 Å². The van der Waals surface area contributed by atoms with Crippen molar-refractivity contribution in [1.29, 1.82) is 0 Å². The molecule has 0 aliphatic carbocycles. The highest BCUT2D eigenvalue weighted by atomic mass is 35.5. The lowest BCUT2D eigenvalue weighted by Crippen LogP contribution is -2.19. The first-order valence-corrected chi connectivity index (χ1v) is 7.08. The van der Waals surface area contributed by atoms with Crippen molar-refractivity contribution >= 4 is 29.0 Å². The van der Waals surface area contributed by atoms with Gasteiger partial charge >= 0.3 is 6.03 Å². The third kappa shape index (κ3) is 5.10. The summed E-state index contributed by atoms with van der Waals surface area (Å²) in [6.07, 6.45) is 1.49. The van der Waals surface area contributed by atoms with Gasteiger partial charge in [-0.3, -0.25) is 0 Å². The van der Waals surface area contributed by atoms with E-state index < -0.39 is 0 Å². The number of nitrogens with one attached hydrogen (secondary N) is 2. The second-order valence-electron chi connectivity index (χ2n) is 4.62. The summed E-state index contributed by atoms with van der Waals surface area (Å²) in [4.78, 5) is 11.9. The monoisotopic (exact) mass is 304 g/mol. The highest BCUT2D eigenvalue weighted by Gasteiger charge is 2.03. The average molecular weight is 305 g/mol. The molecule has 21 heavy (non-hydrogen) atoms. The highest BCUT2D eigenvalue weighted by Crippen LogP contribution is 2.16. The number of rotatable bonds is 5. The van der Waals surface area contributed by atoms with Crippen LogP contribution in [0.5, 0.6) is 0 Å².